The number of nitrogens with one attached hydrogen (secondary N) is 3. The van der Waals surface area contributed by atoms with Crippen LogP contribution in [0, 0.1) is 0 Å². The first-order valence-corrected chi connectivity index (χ1v) is 10.3. The lowest BCUT2D eigenvalue weighted by Gasteiger charge is -2.07. The summed E-state index contributed by atoms with van der Waals surface area (Å²) in [6, 6.07) is 9.45. The number of carbonyl (C=O) groups is 2. The van der Waals surface area contributed by atoms with Crippen molar-refractivity contribution < 1.29 is 22.4 Å². The Kier molecular flexibility index (Phi) is 5.23. The van der Waals surface area contributed by atoms with Crippen molar-refractivity contribution in [3.05, 3.63) is 58.6 Å². The van der Waals surface area contributed by atoms with Gasteiger partial charge in [0.25, 0.3) is 11.8 Å². The molecule has 140 valence electrons. The molecule has 9 nitrogen and oxygen atoms in total. The number of aromatic nitrogens is 1. The molecule has 0 saturated carbocycles. The molecule has 3 rings (SSSR count). The number of oxazole rings is 1. The van der Waals surface area contributed by atoms with Crippen LogP contribution in [0.1, 0.15) is 20.2 Å². The van der Waals surface area contributed by atoms with Crippen LogP contribution in [0.25, 0.3) is 0 Å². The standard InChI is InChI=1S/C16H14N4O5S2/c1-27(23,24)20-11-5-2-4-10(8-11)17-14(21)12-9-25-16(18-12)19-15(22)13-6-3-7-26-13/h2-9,20H,1H3,(H,17,21)(H,18,19,22). The van der Waals surface area contributed by atoms with Gasteiger partial charge in [0.1, 0.15) is 6.26 Å². The second-order valence-electron chi connectivity index (χ2n) is 5.38. The highest BCUT2D eigenvalue weighted by atomic mass is 32.2. The van der Waals surface area contributed by atoms with Crippen molar-refractivity contribution in [3.8, 4) is 0 Å². The fourth-order valence-electron chi connectivity index (χ4n) is 2.07. The van der Waals surface area contributed by atoms with Crippen LogP contribution in [0.3, 0.4) is 0 Å². The molecule has 3 N–H and O–H groups in total. The Hall–Kier alpha value is -3.18. The Balaban J connectivity index is 1.66. The molecule has 2 heterocycles. The zero-order valence-electron chi connectivity index (χ0n) is 13.9. The van der Waals surface area contributed by atoms with Gasteiger partial charge in [0.15, 0.2) is 5.69 Å². The van der Waals surface area contributed by atoms with Crippen LogP contribution in [-0.2, 0) is 10.0 Å². The topological polar surface area (TPSA) is 130 Å². The van der Waals surface area contributed by atoms with Crippen LogP contribution >= 0.6 is 11.3 Å². The first-order chi connectivity index (χ1) is 12.8. The van der Waals surface area contributed by atoms with E-state index in [1.165, 1.54) is 17.4 Å². The smallest absolute Gasteiger partial charge is 0.302 e. The Morgan fingerprint density at radius 2 is 1.85 bits per heavy atom. The van der Waals surface area contributed by atoms with Crippen molar-refractivity contribution in [2.24, 2.45) is 0 Å². The summed E-state index contributed by atoms with van der Waals surface area (Å²) in [4.78, 5) is 28.6. The minimum absolute atomic E-state index is 0.0436. The zero-order valence-corrected chi connectivity index (χ0v) is 15.6. The molecule has 0 bridgehead atoms. The van der Waals surface area contributed by atoms with Gasteiger partial charge in [-0.1, -0.05) is 12.1 Å². The predicted molar refractivity (Wildman–Crippen MR) is 102 cm³/mol. The Bertz CT molecular complexity index is 1070. The van der Waals surface area contributed by atoms with Crippen molar-refractivity contribution in [1.29, 1.82) is 0 Å². The van der Waals surface area contributed by atoms with Crippen molar-refractivity contribution in [3.63, 3.8) is 0 Å². The third kappa shape index (κ3) is 5.15. The summed E-state index contributed by atoms with van der Waals surface area (Å²) in [6.07, 6.45) is 2.14. The minimum atomic E-state index is -3.43. The quantitative estimate of drug-likeness (QED) is 0.577. The fraction of sp³-hybridized carbons (Fsp3) is 0.0625. The van der Waals surface area contributed by atoms with E-state index in [-0.39, 0.29) is 11.7 Å². The van der Waals surface area contributed by atoms with Crippen LogP contribution in [0.5, 0.6) is 0 Å². The van der Waals surface area contributed by atoms with Crippen LogP contribution < -0.4 is 15.4 Å². The van der Waals surface area contributed by atoms with E-state index >= 15 is 0 Å². The molecule has 3 aromatic rings. The monoisotopic (exact) mass is 406 g/mol. The van der Waals surface area contributed by atoms with Crippen LogP contribution in [0.15, 0.2) is 52.5 Å². The second-order valence-corrected chi connectivity index (χ2v) is 8.07. The highest BCUT2D eigenvalue weighted by Crippen LogP contribution is 2.18. The van der Waals surface area contributed by atoms with E-state index in [1.807, 2.05) is 0 Å². The maximum absolute atomic E-state index is 12.3. The van der Waals surface area contributed by atoms with Gasteiger partial charge in [0, 0.05) is 5.69 Å². The molecular weight excluding hydrogens is 392 g/mol. The normalized spacial score (nSPS) is 11.0. The number of amides is 2. The number of thiophene rings is 1. The number of hydrogen-bond donors (Lipinski definition) is 3. The largest absolute Gasteiger partial charge is 0.431 e. The minimum Gasteiger partial charge on any atom is -0.431 e. The van der Waals surface area contributed by atoms with Crippen molar-refractivity contribution in [2.45, 2.75) is 0 Å². The van der Waals surface area contributed by atoms with Crippen LogP contribution in [0.2, 0.25) is 0 Å². The van der Waals surface area contributed by atoms with Crippen molar-refractivity contribution >= 4 is 50.6 Å². The molecular formula is C16H14N4O5S2. The molecule has 0 saturated heterocycles. The Morgan fingerprint density at radius 1 is 1.07 bits per heavy atom. The molecule has 0 spiro atoms. The highest BCUT2D eigenvalue weighted by molar-refractivity contribution is 7.92. The molecule has 0 unspecified atom stereocenters. The number of nitrogens with zero attached hydrogens (tertiary/aromatic N) is 1. The Morgan fingerprint density at radius 3 is 2.56 bits per heavy atom. The zero-order chi connectivity index (χ0) is 19.4. The number of rotatable bonds is 6. The maximum atomic E-state index is 12.3. The molecule has 0 radical (unpaired) electrons. The van der Waals surface area contributed by atoms with E-state index in [9.17, 15) is 18.0 Å². The average Bonchev–Trinajstić information content (AvgIpc) is 3.25. The number of benzene rings is 1. The summed E-state index contributed by atoms with van der Waals surface area (Å²) in [5.74, 6) is -0.967. The number of anilines is 3. The van der Waals surface area contributed by atoms with E-state index in [0.29, 0.717) is 16.3 Å². The first kappa shape index (κ1) is 18.6. The molecule has 11 heteroatoms. The summed E-state index contributed by atoms with van der Waals surface area (Å²) in [5, 5.41) is 6.79. The summed E-state index contributed by atoms with van der Waals surface area (Å²) >= 11 is 1.26. The molecule has 2 amide bonds. The van der Waals surface area contributed by atoms with Gasteiger partial charge in [0.2, 0.25) is 10.0 Å². The summed E-state index contributed by atoms with van der Waals surface area (Å²) in [6.45, 7) is 0. The molecule has 2 aromatic heterocycles. The second kappa shape index (κ2) is 7.60. The van der Waals surface area contributed by atoms with E-state index in [2.05, 4.69) is 20.3 Å². The van der Waals surface area contributed by atoms with Gasteiger partial charge >= 0.3 is 6.01 Å². The van der Waals surface area contributed by atoms with E-state index in [0.717, 1.165) is 12.5 Å². The number of carbonyl (C=O) groups excluding carboxylic acids is 2. The molecule has 0 aliphatic rings. The summed E-state index contributed by atoms with van der Waals surface area (Å²) < 4.78 is 30.0. The first-order valence-electron chi connectivity index (χ1n) is 7.50. The van der Waals surface area contributed by atoms with Crippen molar-refractivity contribution in [1.82, 2.24) is 4.98 Å². The van der Waals surface area contributed by atoms with E-state index in [1.54, 1.807) is 35.7 Å². The van der Waals surface area contributed by atoms with Gasteiger partial charge in [-0.15, -0.1) is 11.3 Å². The molecule has 27 heavy (non-hydrogen) atoms. The lowest BCUT2D eigenvalue weighted by atomic mass is 10.3. The molecule has 0 atom stereocenters. The van der Waals surface area contributed by atoms with Gasteiger partial charge < -0.3 is 9.73 Å². The van der Waals surface area contributed by atoms with Gasteiger partial charge in [-0.05, 0) is 29.6 Å². The van der Waals surface area contributed by atoms with Crippen LogP contribution in [-0.4, -0.2) is 31.5 Å². The lowest BCUT2D eigenvalue weighted by Crippen LogP contribution is -2.14. The number of sulfonamides is 1. The lowest BCUT2D eigenvalue weighted by molar-refractivity contribution is 0.101. The van der Waals surface area contributed by atoms with E-state index < -0.39 is 21.8 Å². The maximum Gasteiger partial charge on any atom is 0.302 e. The Labute approximate surface area is 158 Å². The van der Waals surface area contributed by atoms with Gasteiger partial charge in [-0.25, -0.2) is 8.42 Å². The van der Waals surface area contributed by atoms with E-state index in [4.69, 9.17) is 4.42 Å². The third-order valence-electron chi connectivity index (χ3n) is 3.13. The SMILES string of the molecule is CS(=O)(=O)Nc1cccc(NC(=O)c2coc(NC(=O)c3cccs3)n2)c1. The molecule has 0 fully saturated rings. The predicted octanol–water partition coefficient (Wildman–Crippen LogP) is 2.61. The van der Waals surface area contributed by atoms with Gasteiger partial charge in [0.05, 0.1) is 16.8 Å². The third-order valence-corrected chi connectivity index (χ3v) is 4.60. The van der Waals surface area contributed by atoms with Crippen molar-refractivity contribution in [2.75, 3.05) is 21.6 Å². The van der Waals surface area contributed by atoms with Gasteiger partial charge in [-0.3, -0.25) is 19.6 Å². The molecule has 1 aromatic carbocycles. The summed E-state index contributed by atoms with van der Waals surface area (Å²) in [7, 11) is -3.43. The summed E-state index contributed by atoms with van der Waals surface area (Å²) in [5.41, 5.74) is 0.623. The highest BCUT2D eigenvalue weighted by Gasteiger charge is 2.15. The van der Waals surface area contributed by atoms with Crippen LogP contribution in [0.4, 0.5) is 17.4 Å². The average molecular weight is 406 g/mol. The van der Waals surface area contributed by atoms with Gasteiger partial charge in [-0.2, -0.15) is 4.98 Å². The molecule has 0 aliphatic heterocycles. The number of hydrogen-bond acceptors (Lipinski definition) is 7. The fourth-order valence-corrected chi connectivity index (χ4v) is 3.25. The molecule has 0 aliphatic carbocycles.